The molecule has 2 saturated heterocycles. The van der Waals surface area contributed by atoms with Crippen molar-refractivity contribution in [2.24, 2.45) is 11.8 Å². The molecule has 2 aliphatic heterocycles. The van der Waals surface area contributed by atoms with Crippen LogP contribution in [0.2, 0.25) is 0 Å². The van der Waals surface area contributed by atoms with Crippen LogP contribution in [0.25, 0.3) is 0 Å². The number of aliphatic hydroxyl groups is 6. The van der Waals surface area contributed by atoms with Crippen molar-refractivity contribution < 1.29 is 63.9 Å². The average molecular weight is 987 g/mol. The number of unbranched alkanes of at least 4 members (excludes halogenated alkanes) is 28. The van der Waals surface area contributed by atoms with Gasteiger partial charge in [0.1, 0.15) is 62.0 Å². The Morgan fingerprint density at radius 1 is 0.348 bits per heavy atom. The molecule has 10 atom stereocenters. The molecule has 13 heteroatoms. The Balaban J connectivity index is 2.01. The highest BCUT2D eigenvalue weighted by Crippen LogP contribution is 2.30. The van der Waals surface area contributed by atoms with E-state index in [2.05, 4.69) is 27.7 Å². The maximum atomic E-state index is 13.6. The maximum absolute atomic E-state index is 13.6. The predicted molar refractivity (Wildman–Crippen MR) is 272 cm³/mol. The quantitative estimate of drug-likeness (QED) is 0.0249. The lowest BCUT2D eigenvalue weighted by molar-refractivity contribution is -0.376. The second-order valence-electron chi connectivity index (χ2n) is 20.9. The van der Waals surface area contributed by atoms with E-state index in [1.165, 1.54) is 128 Å². The van der Waals surface area contributed by atoms with Crippen LogP contribution in [0.5, 0.6) is 0 Å². The van der Waals surface area contributed by atoms with Gasteiger partial charge in [-0.05, 0) is 25.7 Å². The van der Waals surface area contributed by atoms with Crippen molar-refractivity contribution in [2.75, 3.05) is 13.2 Å². The summed E-state index contributed by atoms with van der Waals surface area (Å²) in [5.74, 6) is -1.42. The van der Waals surface area contributed by atoms with Crippen LogP contribution in [0.15, 0.2) is 0 Å². The molecule has 69 heavy (non-hydrogen) atoms. The van der Waals surface area contributed by atoms with Crippen LogP contribution in [0.1, 0.15) is 259 Å². The molecule has 13 nitrogen and oxygen atoms in total. The lowest BCUT2D eigenvalue weighted by Crippen LogP contribution is -2.64. The molecule has 2 heterocycles. The van der Waals surface area contributed by atoms with Crippen molar-refractivity contribution in [3.63, 3.8) is 0 Å². The van der Waals surface area contributed by atoms with Crippen molar-refractivity contribution >= 4 is 11.9 Å². The van der Waals surface area contributed by atoms with Gasteiger partial charge in [-0.15, -0.1) is 0 Å². The molecule has 0 saturated carbocycles. The second kappa shape index (κ2) is 41.0. The van der Waals surface area contributed by atoms with Gasteiger partial charge in [0.25, 0.3) is 0 Å². The Bertz CT molecular complexity index is 1090. The van der Waals surface area contributed by atoms with Gasteiger partial charge in [0.15, 0.2) is 12.6 Å². The zero-order valence-electron chi connectivity index (χ0n) is 44.3. The Kier molecular flexibility index (Phi) is 37.8. The zero-order valence-corrected chi connectivity index (χ0v) is 44.3. The molecular weight excluding hydrogens is 881 g/mol. The Hall–Kier alpha value is -1.42. The topological polar surface area (TPSA) is 202 Å². The molecule has 0 radical (unpaired) electrons. The van der Waals surface area contributed by atoms with E-state index in [9.17, 15) is 40.2 Å². The molecule has 0 spiro atoms. The zero-order chi connectivity index (χ0) is 50.5. The molecule has 0 aromatic heterocycles. The number of aliphatic hydroxyl groups excluding tert-OH is 6. The summed E-state index contributed by atoms with van der Waals surface area (Å²) < 4.78 is 29.1. The smallest absolute Gasteiger partial charge is 0.309 e. The third-order valence-electron chi connectivity index (χ3n) is 14.7. The highest BCUT2D eigenvalue weighted by Gasteiger charge is 2.50. The highest BCUT2D eigenvalue weighted by molar-refractivity contribution is 5.72. The van der Waals surface area contributed by atoms with Crippen LogP contribution in [-0.2, 0) is 33.3 Å². The molecule has 2 rings (SSSR count). The number of ether oxygens (including phenoxy) is 5. The molecule has 2 aliphatic rings. The van der Waals surface area contributed by atoms with Crippen molar-refractivity contribution in [1.29, 1.82) is 0 Å². The predicted octanol–water partition coefficient (Wildman–Crippen LogP) is 11.1. The van der Waals surface area contributed by atoms with Gasteiger partial charge in [-0.1, -0.05) is 233 Å². The average Bonchev–Trinajstić information content (AvgIpc) is 3.35. The molecule has 0 aliphatic carbocycles. The van der Waals surface area contributed by atoms with Crippen molar-refractivity contribution in [2.45, 2.75) is 320 Å². The normalized spacial score (nSPS) is 25.2. The summed E-state index contributed by atoms with van der Waals surface area (Å²) >= 11 is 0. The standard InChI is InChI=1S/C56H106O13/c1-5-9-13-17-21-25-29-33-37-43(38-34-30-26-22-18-14-10-6-2)53(63)65-41-45-47(57)49(59)51(61)55(67-45)69-56-52(62)50(60)48(58)46(68-56)42-66-54(64)44(39-35-31-27-23-19-15-11-7-3)40-36-32-28-24-20-16-12-8-4/h43-52,55-62H,5-42H2,1-4H3/t45?,46?,47-,48-,49-,50-,51?,52?,55-,56-/m0/s1. The molecule has 6 N–H and O–H groups in total. The molecule has 0 amide bonds. The van der Waals surface area contributed by atoms with Crippen LogP contribution < -0.4 is 0 Å². The first-order chi connectivity index (χ1) is 33.5. The van der Waals surface area contributed by atoms with Crippen LogP contribution >= 0.6 is 0 Å². The number of carbonyl (C=O) groups excluding carboxylic acids is 2. The first-order valence-electron chi connectivity index (χ1n) is 28.9. The van der Waals surface area contributed by atoms with Gasteiger partial charge in [-0.2, -0.15) is 0 Å². The molecule has 2 fully saturated rings. The van der Waals surface area contributed by atoms with Gasteiger partial charge in [0.05, 0.1) is 11.8 Å². The second-order valence-corrected chi connectivity index (χ2v) is 20.9. The van der Waals surface area contributed by atoms with Crippen molar-refractivity contribution in [3.05, 3.63) is 0 Å². The Labute approximate surface area is 419 Å². The minimum absolute atomic E-state index is 0.316. The molecule has 0 aromatic rings. The number of rotatable bonds is 44. The fourth-order valence-electron chi connectivity index (χ4n) is 9.89. The van der Waals surface area contributed by atoms with Crippen molar-refractivity contribution in [3.8, 4) is 0 Å². The third-order valence-corrected chi connectivity index (χ3v) is 14.7. The van der Waals surface area contributed by atoms with E-state index in [0.717, 1.165) is 77.0 Å². The molecular formula is C56H106O13. The number of carbonyl (C=O) groups is 2. The van der Waals surface area contributed by atoms with E-state index in [1.807, 2.05) is 0 Å². The lowest BCUT2D eigenvalue weighted by atomic mass is 9.94. The fourth-order valence-corrected chi connectivity index (χ4v) is 9.89. The minimum atomic E-state index is -1.81. The summed E-state index contributed by atoms with van der Waals surface area (Å²) in [6.45, 7) is 8.02. The molecule has 0 bridgehead atoms. The van der Waals surface area contributed by atoms with E-state index >= 15 is 0 Å². The maximum Gasteiger partial charge on any atom is 0.309 e. The first-order valence-corrected chi connectivity index (χ1v) is 28.9. The fraction of sp³-hybridized carbons (Fsp3) is 0.964. The van der Waals surface area contributed by atoms with Crippen LogP contribution in [0.4, 0.5) is 0 Å². The number of esters is 2. The summed E-state index contributed by atoms with van der Waals surface area (Å²) in [5.41, 5.74) is 0. The lowest BCUT2D eigenvalue weighted by Gasteiger charge is -2.44. The van der Waals surface area contributed by atoms with Gasteiger partial charge in [-0.25, -0.2) is 0 Å². The van der Waals surface area contributed by atoms with E-state index in [-0.39, 0.29) is 11.8 Å². The van der Waals surface area contributed by atoms with Gasteiger partial charge >= 0.3 is 11.9 Å². The summed E-state index contributed by atoms with van der Waals surface area (Å²) in [5, 5.41) is 65.5. The Morgan fingerprint density at radius 2 is 0.580 bits per heavy atom. The first kappa shape index (κ1) is 63.7. The largest absolute Gasteiger partial charge is 0.463 e. The summed E-state index contributed by atoms with van der Waals surface area (Å²) in [4.78, 5) is 27.2. The van der Waals surface area contributed by atoms with Gasteiger partial charge in [0, 0.05) is 0 Å². The SMILES string of the molecule is CCCCCCCCCCC(CCCCCCCCCC)C(=O)OCC1O[C@@H](O[C@@H]2OC(COC(=O)C(CCCCCCCCCC)CCCCCCCCCC)[C@H](O)[C@H](O)C2O)C(O)[C@@H](O)[C@H]1O. The summed E-state index contributed by atoms with van der Waals surface area (Å²) in [6.07, 6.45) is 23.4. The molecule has 408 valence electrons. The van der Waals surface area contributed by atoms with Gasteiger partial charge < -0.3 is 54.3 Å². The third kappa shape index (κ3) is 27.4. The number of hydrogen-bond donors (Lipinski definition) is 6. The van der Waals surface area contributed by atoms with Gasteiger partial charge in [0.2, 0.25) is 0 Å². The van der Waals surface area contributed by atoms with Crippen LogP contribution in [0.3, 0.4) is 0 Å². The van der Waals surface area contributed by atoms with E-state index in [4.69, 9.17) is 23.7 Å². The van der Waals surface area contributed by atoms with Crippen LogP contribution in [-0.4, -0.2) is 117 Å². The van der Waals surface area contributed by atoms with E-state index in [0.29, 0.717) is 25.7 Å². The van der Waals surface area contributed by atoms with Crippen LogP contribution in [0, 0.1) is 11.8 Å². The molecule has 4 unspecified atom stereocenters. The highest BCUT2D eigenvalue weighted by atomic mass is 16.8. The van der Waals surface area contributed by atoms with E-state index < -0.39 is 86.6 Å². The minimum Gasteiger partial charge on any atom is -0.463 e. The summed E-state index contributed by atoms with van der Waals surface area (Å²) in [7, 11) is 0. The monoisotopic (exact) mass is 987 g/mol. The van der Waals surface area contributed by atoms with Gasteiger partial charge in [-0.3, -0.25) is 9.59 Å². The van der Waals surface area contributed by atoms with Crippen molar-refractivity contribution in [1.82, 2.24) is 0 Å². The van der Waals surface area contributed by atoms with E-state index in [1.54, 1.807) is 0 Å². The molecule has 0 aromatic carbocycles. The number of hydrogen-bond acceptors (Lipinski definition) is 13. The summed E-state index contributed by atoms with van der Waals surface area (Å²) in [6, 6.07) is 0. The Morgan fingerprint density at radius 3 is 0.826 bits per heavy atom.